The second-order valence-electron chi connectivity index (χ2n) is 4.83. The Labute approximate surface area is 121 Å². The smallest absolute Gasteiger partial charge is 0.258 e. The lowest BCUT2D eigenvalue weighted by molar-refractivity contribution is -0.0444. The van der Waals surface area contributed by atoms with E-state index >= 15 is 0 Å². The predicted molar refractivity (Wildman–Crippen MR) is 76.3 cm³/mol. The van der Waals surface area contributed by atoms with Crippen LogP contribution in [0.15, 0.2) is 22.7 Å². The van der Waals surface area contributed by atoms with E-state index in [9.17, 15) is 9.90 Å². The average molecular weight is 328 g/mol. The van der Waals surface area contributed by atoms with Crippen LogP contribution in [-0.4, -0.2) is 41.2 Å². The van der Waals surface area contributed by atoms with Crippen LogP contribution in [0.1, 0.15) is 30.6 Å². The molecule has 1 amide bonds. The summed E-state index contributed by atoms with van der Waals surface area (Å²) in [5, 5.41) is 9.91. The molecule has 0 saturated carbocycles. The molecular formula is C14H18BrNO3. The molecule has 19 heavy (non-hydrogen) atoms. The van der Waals surface area contributed by atoms with Crippen molar-refractivity contribution in [3.05, 3.63) is 28.2 Å². The maximum absolute atomic E-state index is 12.5. The number of amides is 1. The fourth-order valence-corrected chi connectivity index (χ4v) is 2.62. The summed E-state index contributed by atoms with van der Waals surface area (Å²) < 4.78 is 6.34. The summed E-state index contributed by atoms with van der Waals surface area (Å²) in [7, 11) is 0. The fourth-order valence-electron chi connectivity index (χ4n) is 2.27. The Bertz CT molecular complexity index is 478. The molecule has 0 radical (unpaired) electrons. The van der Waals surface area contributed by atoms with E-state index in [4.69, 9.17) is 4.74 Å². The normalized spacial score (nSPS) is 23.4. The molecule has 0 bridgehead atoms. The summed E-state index contributed by atoms with van der Waals surface area (Å²) in [6.07, 6.45) is 0.875. The van der Waals surface area contributed by atoms with Gasteiger partial charge in [0.1, 0.15) is 5.75 Å². The molecule has 1 aromatic carbocycles. The van der Waals surface area contributed by atoms with Crippen LogP contribution < -0.4 is 0 Å². The van der Waals surface area contributed by atoms with Gasteiger partial charge in [-0.15, -0.1) is 0 Å². The third-order valence-corrected chi connectivity index (χ3v) is 3.88. The zero-order valence-corrected chi connectivity index (χ0v) is 12.7. The topological polar surface area (TPSA) is 49.8 Å². The Morgan fingerprint density at radius 1 is 1.58 bits per heavy atom. The number of hydrogen-bond donors (Lipinski definition) is 1. The third kappa shape index (κ3) is 3.09. The van der Waals surface area contributed by atoms with Crippen molar-refractivity contribution in [3.63, 3.8) is 0 Å². The molecular weight excluding hydrogens is 310 g/mol. The summed E-state index contributed by atoms with van der Waals surface area (Å²) in [6, 6.07) is 5.02. The molecule has 1 N–H and O–H groups in total. The van der Waals surface area contributed by atoms with E-state index < -0.39 is 0 Å². The highest BCUT2D eigenvalue weighted by Gasteiger charge is 2.31. The molecule has 2 unspecified atom stereocenters. The number of carbonyl (C=O) groups is 1. The van der Waals surface area contributed by atoms with Gasteiger partial charge in [0.25, 0.3) is 5.91 Å². The van der Waals surface area contributed by atoms with Gasteiger partial charge in [0.05, 0.1) is 24.3 Å². The number of phenols is 1. The fraction of sp³-hybridized carbons (Fsp3) is 0.500. The van der Waals surface area contributed by atoms with Gasteiger partial charge in [0.15, 0.2) is 0 Å². The van der Waals surface area contributed by atoms with Gasteiger partial charge in [-0.2, -0.15) is 0 Å². The van der Waals surface area contributed by atoms with Crippen LogP contribution in [0.3, 0.4) is 0 Å². The lowest BCUT2D eigenvalue weighted by Gasteiger charge is -2.38. The molecule has 4 nitrogen and oxygen atoms in total. The maximum atomic E-state index is 12.5. The Morgan fingerprint density at radius 2 is 2.32 bits per heavy atom. The molecule has 2 atom stereocenters. The van der Waals surface area contributed by atoms with Gasteiger partial charge < -0.3 is 14.7 Å². The monoisotopic (exact) mass is 327 g/mol. The number of phenolic OH excluding ortho intramolecular Hbond substituents is 1. The Kier molecular flexibility index (Phi) is 4.47. The van der Waals surface area contributed by atoms with Crippen molar-refractivity contribution >= 4 is 21.8 Å². The molecule has 5 heteroatoms. The maximum Gasteiger partial charge on any atom is 0.258 e. The molecule has 0 aromatic heterocycles. The number of nitrogens with zero attached hydrogens (tertiary/aromatic N) is 1. The number of morpholine rings is 1. The molecule has 0 aliphatic carbocycles. The van der Waals surface area contributed by atoms with Crippen molar-refractivity contribution in [1.29, 1.82) is 0 Å². The third-order valence-electron chi connectivity index (χ3n) is 3.39. The van der Waals surface area contributed by atoms with Crippen molar-refractivity contribution in [3.8, 4) is 5.75 Å². The highest BCUT2D eigenvalue weighted by molar-refractivity contribution is 9.10. The number of ether oxygens (including phenoxy) is 1. The van der Waals surface area contributed by atoms with E-state index in [2.05, 4.69) is 15.9 Å². The standard InChI is InChI=1S/C14H18BrNO3/c1-3-11-8-19-9(2)7-16(11)14(18)12-5-4-10(15)6-13(12)17/h4-6,9,11,17H,3,7-8H2,1-2H3. The lowest BCUT2D eigenvalue weighted by Crippen LogP contribution is -2.51. The van der Waals surface area contributed by atoms with E-state index in [1.807, 2.05) is 13.8 Å². The lowest BCUT2D eigenvalue weighted by atomic mass is 10.1. The summed E-state index contributed by atoms with van der Waals surface area (Å²) >= 11 is 3.27. The zero-order valence-electron chi connectivity index (χ0n) is 11.1. The first-order chi connectivity index (χ1) is 9.02. The zero-order chi connectivity index (χ0) is 14.0. The molecule has 104 valence electrons. The molecule has 0 spiro atoms. The van der Waals surface area contributed by atoms with Crippen LogP contribution in [0.4, 0.5) is 0 Å². The molecule has 1 aliphatic rings. The summed E-state index contributed by atoms with van der Waals surface area (Å²) in [5.41, 5.74) is 0.343. The largest absolute Gasteiger partial charge is 0.507 e. The molecule has 1 aromatic rings. The summed E-state index contributed by atoms with van der Waals surface area (Å²) in [4.78, 5) is 14.3. The Morgan fingerprint density at radius 3 is 2.95 bits per heavy atom. The van der Waals surface area contributed by atoms with Crippen LogP contribution in [0, 0.1) is 0 Å². The second kappa shape index (κ2) is 5.92. The first kappa shape index (κ1) is 14.3. The second-order valence-corrected chi connectivity index (χ2v) is 5.74. The number of hydrogen-bond acceptors (Lipinski definition) is 3. The van der Waals surface area contributed by atoms with Gasteiger partial charge in [-0.05, 0) is 31.5 Å². The number of rotatable bonds is 2. The van der Waals surface area contributed by atoms with Crippen molar-refractivity contribution in [2.24, 2.45) is 0 Å². The Hall–Kier alpha value is -1.07. The van der Waals surface area contributed by atoms with Gasteiger partial charge in [-0.1, -0.05) is 22.9 Å². The number of halogens is 1. The van der Waals surface area contributed by atoms with Crippen LogP contribution in [0.25, 0.3) is 0 Å². The SMILES string of the molecule is CCC1COC(C)CN1C(=O)c1ccc(Br)cc1O. The average Bonchev–Trinajstić information content (AvgIpc) is 2.38. The van der Waals surface area contributed by atoms with Crippen LogP contribution in [-0.2, 0) is 4.74 Å². The number of benzene rings is 1. The molecule has 1 saturated heterocycles. The summed E-state index contributed by atoms with van der Waals surface area (Å²) in [5.74, 6) is -0.125. The molecule has 2 rings (SSSR count). The van der Waals surface area contributed by atoms with Crippen LogP contribution in [0.5, 0.6) is 5.75 Å². The van der Waals surface area contributed by atoms with Crippen molar-refractivity contribution < 1.29 is 14.6 Å². The van der Waals surface area contributed by atoms with Gasteiger partial charge in [-0.25, -0.2) is 0 Å². The summed E-state index contributed by atoms with van der Waals surface area (Å²) in [6.45, 7) is 5.10. The Balaban J connectivity index is 2.25. The van der Waals surface area contributed by atoms with E-state index in [1.165, 1.54) is 6.07 Å². The molecule has 1 fully saturated rings. The van der Waals surface area contributed by atoms with E-state index in [-0.39, 0.29) is 23.8 Å². The first-order valence-electron chi connectivity index (χ1n) is 6.44. The molecule has 1 heterocycles. The van der Waals surface area contributed by atoms with E-state index in [0.29, 0.717) is 18.7 Å². The molecule has 1 aliphatic heterocycles. The minimum atomic E-state index is -0.132. The highest BCUT2D eigenvalue weighted by atomic mass is 79.9. The quantitative estimate of drug-likeness (QED) is 0.908. The van der Waals surface area contributed by atoms with Crippen LogP contribution >= 0.6 is 15.9 Å². The van der Waals surface area contributed by atoms with Crippen molar-refractivity contribution in [2.75, 3.05) is 13.2 Å². The predicted octanol–water partition coefficient (Wildman–Crippen LogP) is 2.79. The highest BCUT2D eigenvalue weighted by Crippen LogP contribution is 2.26. The van der Waals surface area contributed by atoms with Gasteiger partial charge in [0.2, 0.25) is 0 Å². The van der Waals surface area contributed by atoms with E-state index in [0.717, 1.165) is 10.9 Å². The number of carbonyl (C=O) groups excluding carboxylic acids is 1. The minimum absolute atomic E-state index is 0.00775. The number of aromatic hydroxyl groups is 1. The first-order valence-corrected chi connectivity index (χ1v) is 7.23. The van der Waals surface area contributed by atoms with Gasteiger partial charge in [-0.3, -0.25) is 4.79 Å². The van der Waals surface area contributed by atoms with Crippen molar-refractivity contribution in [2.45, 2.75) is 32.4 Å². The van der Waals surface area contributed by atoms with Gasteiger partial charge >= 0.3 is 0 Å². The van der Waals surface area contributed by atoms with Gasteiger partial charge in [0, 0.05) is 11.0 Å². The minimum Gasteiger partial charge on any atom is -0.507 e. The van der Waals surface area contributed by atoms with Crippen molar-refractivity contribution in [1.82, 2.24) is 4.90 Å². The van der Waals surface area contributed by atoms with Crippen LogP contribution in [0.2, 0.25) is 0 Å². The van der Waals surface area contributed by atoms with E-state index in [1.54, 1.807) is 17.0 Å².